The van der Waals surface area contributed by atoms with Gasteiger partial charge in [-0.1, -0.05) is 29.8 Å². The number of sulfonamides is 1. The van der Waals surface area contributed by atoms with Gasteiger partial charge in [0.15, 0.2) is 0 Å². The van der Waals surface area contributed by atoms with Crippen molar-refractivity contribution in [2.45, 2.75) is 56.1 Å². The highest BCUT2D eigenvalue weighted by molar-refractivity contribution is 7.90. The lowest BCUT2D eigenvalue weighted by Crippen LogP contribution is -2.44. The Balaban J connectivity index is 1.55. The maximum atomic E-state index is 13.3. The van der Waals surface area contributed by atoms with E-state index in [0.29, 0.717) is 42.2 Å². The third kappa shape index (κ3) is 6.42. The molecule has 0 spiro atoms. The molecular weight excluding hydrogens is 550 g/mol. The minimum atomic E-state index is -4.09. The van der Waals surface area contributed by atoms with Crippen LogP contribution in [0.1, 0.15) is 43.2 Å². The van der Waals surface area contributed by atoms with Crippen LogP contribution in [0.3, 0.4) is 0 Å². The highest BCUT2D eigenvalue weighted by atomic mass is 35.5. The summed E-state index contributed by atoms with van der Waals surface area (Å²) in [5.74, 6) is 1.39. The molecule has 2 aromatic carbocycles. The monoisotopic (exact) mass is 587 g/mol. The van der Waals surface area contributed by atoms with Crippen molar-refractivity contribution in [2.24, 2.45) is 11.8 Å². The smallest absolute Gasteiger partial charge is 0.331 e. The number of nitrogens with one attached hydrogen (secondary N) is 1. The van der Waals surface area contributed by atoms with E-state index in [-0.39, 0.29) is 11.0 Å². The van der Waals surface area contributed by atoms with E-state index in [1.54, 1.807) is 26.3 Å². The number of urea groups is 1. The summed E-state index contributed by atoms with van der Waals surface area (Å²) in [6, 6.07) is 10.1. The van der Waals surface area contributed by atoms with Crippen molar-refractivity contribution in [1.29, 1.82) is 0 Å². The molecule has 40 heavy (non-hydrogen) atoms. The van der Waals surface area contributed by atoms with Crippen molar-refractivity contribution < 1.29 is 22.7 Å². The third-order valence-corrected chi connectivity index (χ3v) is 9.96. The fourth-order valence-corrected chi connectivity index (χ4v) is 7.08. The van der Waals surface area contributed by atoms with Crippen molar-refractivity contribution in [3.63, 3.8) is 0 Å². The van der Waals surface area contributed by atoms with E-state index < -0.39 is 16.1 Å². The Morgan fingerprint density at radius 3 is 2.70 bits per heavy atom. The average molecular weight is 588 g/mol. The SMILES string of the molecule is CO[C@H]1/C=C/CCN(C)C(=O)NS(=O)(=O)c2ccc3c(c2)N(CCCCc2cc(Cl)ccc2CO3)C[C@@H]2CC[C@H]21. The van der Waals surface area contributed by atoms with Crippen LogP contribution in [-0.2, 0) is 27.8 Å². The van der Waals surface area contributed by atoms with E-state index >= 15 is 0 Å². The van der Waals surface area contributed by atoms with Crippen LogP contribution >= 0.6 is 11.6 Å². The first kappa shape index (κ1) is 28.8. The molecule has 0 radical (unpaired) electrons. The van der Waals surface area contributed by atoms with E-state index in [9.17, 15) is 13.2 Å². The Bertz CT molecular complexity index is 1370. The molecule has 2 aromatic rings. The lowest BCUT2D eigenvalue weighted by Gasteiger charge is -2.43. The lowest BCUT2D eigenvalue weighted by molar-refractivity contribution is 0.0134. The second kappa shape index (κ2) is 12.4. The van der Waals surface area contributed by atoms with Gasteiger partial charge in [-0.05, 0) is 91.8 Å². The third-order valence-electron chi connectivity index (χ3n) is 8.41. The molecular formula is C30H38ClN3O5S. The molecule has 8 nitrogen and oxygen atoms in total. The number of hydrogen-bond donors (Lipinski definition) is 1. The second-order valence-corrected chi connectivity index (χ2v) is 13.1. The molecule has 2 heterocycles. The van der Waals surface area contributed by atoms with Crippen LogP contribution in [0.15, 0.2) is 53.4 Å². The van der Waals surface area contributed by atoms with Gasteiger partial charge in [-0.15, -0.1) is 0 Å². The number of ether oxygens (including phenoxy) is 2. The number of hydrogen-bond acceptors (Lipinski definition) is 6. The number of carbonyl (C=O) groups excluding carboxylic acids is 1. The first-order valence-corrected chi connectivity index (χ1v) is 15.9. The quantitative estimate of drug-likeness (QED) is 0.450. The molecule has 0 saturated heterocycles. The highest BCUT2D eigenvalue weighted by Crippen LogP contribution is 2.41. The molecule has 1 fully saturated rings. The van der Waals surface area contributed by atoms with Gasteiger partial charge in [0.05, 0.1) is 16.7 Å². The van der Waals surface area contributed by atoms with E-state index in [0.717, 1.165) is 56.4 Å². The molecule has 0 unspecified atom stereocenters. The number of benzene rings is 2. The predicted molar refractivity (Wildman–Crippen MR) is 156 cm³/mol. The van der Waals surface area contributed by atoms with Crippen LogP contribution in [0.25, 0.3) is 0 Å². The summed E-state index contributed by atoms with van der Waals surface area (Å²) in [5.41, 5.74) is 2.97. The standard InChI is InChI=1S/C30H38ClN3O5S/c1-33-15-5-4-8-28(38-2)26-13-10-22(26)19-34-16-6-3-7-21-17-24(31)11-9-23(21)20-39-29-14-12-25(18-27(29)34)40(36,37)32-30(33)35/h4,8-9,11-12,14,17-18,22,26,28H,3,5-7,10,13,15-16,19-20H2,1-2H3,(H,32,35)/b8-4+/t22-,26+,28-/m0/s1. The zero-order chi connectivity index (χ0) is 28.3. The van der Waals surface area contributed by atoms with E-state index in [2.05, 4.69) is 15.7 Å². The van der Waals surface area contributed by atoms with Gasteiger partial charge >= 0.3 is 6.03 Å². The number of fused-ring (bicyclic) bond motifs is 3. The molecule has 2 aliphatic heterocycles. The first-order chi connectivity index (χ1) is 19.2. The van der Waals surface area contributed by atoms with Gasteiger partial charge in [-0.2, -0.15) is 0 Å². The lowest BCUT2D eigenvalue weighted by atomic mass is 9.70. The minimum Gasteiger partial charge on any atom is -0.487 e. The van der Waals surface area contributed by atoms with Gasteiger partial charge in [0, 0.05) is 38.8 Å². The summed E-state index contributed by atoms with van der Waals surface area (Å²) in [6.07, 6.45) is 9.68. The number of methoxy groups -OCH3 is 1. The Morgan fingerprint density at radius 1 is 1.07 bits per heavy atom. The van der Waals surface area contributed by atoms with Crippen molar-refractivity contribution in [1.82, 2.24) is 9.62 Å². The number of halogens is 1. The summed E-state index contributed by atoms with van der Waals surface area (Å²) in [7, 11) is -0.749. The summed E-state index contributed by atoms with van der Waals surface area (Å²) in [6.45, 7) is 2.26. The fourth-order valence-electron chi connectivity index (χ4n) is 5.87. The van der Waals surface area contributed by atoms with Crippen molar-refractivity contribution in [3.8, 4) is 5.75 Å². The largest absolute Gasteiger partial charge is 0.487 e. The van der Waals surface area contributed by atoms with Crippen LogP contribution < -0.4 is 14.4 Å². The fraction of sp³-hybridized carbons (Fsp3) is 0.500. The van der Waals surface area contributed by atoms with Gasteiger partial charge in [-0.25, -0.2) is 17.9 Å². The molecule has 3 aliphatic rings. The summed E-state index contributed by atoms with van der Waals surface area (Å²) in [5, 5.41) is 0.708. The minimum absolute atomic E-state index is 0.00333. The molecule has 2 bridgehead atoms. The number of amides is 2. The van der Waals surface area contributed by atoms with Crippen molar-refractivity contribution >= 4 is 33.3 Å². The van der Waals surface area contributed by atoms with Crippen molar-refractivity contribution in [2.75, 3.05) is 38.7 Å². The van der Waals surface area contributed by atoms with Gasteiger partial charge < -0.3 is 19.3 Å². The van der Waals surface area contributed by atoms with Gasteiger partial charge in [0.1, 0.15) is 12.4 Å². The van der Waals surface area contributed by atoms with Gasteiger partial charge in [0.25, 0.3) is 10.0 Å². The average Bonchev–Trinajstić information content (AvgIpc) is 2.94. The predicted octanol–water partition coefficient (Wildman–Crippen LogP) is 5.39. The molecule has 1 aliphatic carbocycles. The molecule has 1 saturated carbocycles. The Hall–Kier alpha value is -2.75. The van der Waals surface area contributed by atoms with Gasteiger partial charge in [-0.3, -0.25) is 0 Å². The number of carbonyl (C=O) groups is 1. The molecule has 2 amide bonds. The maximum absolute atomic E-state index is 13.3. The van der Waals surface area contributed by atoms with Crippen LogP contribution in [0.4, 0.5) is 10.5 Å². The maximum Gasteiger partial charge on any atom is 0.331 e. The normalized spacial score (nSPS) is 26.2. The van der Waals surface area contributed by atoms with Crippen LogP contribution in [0, 0.1) is 11.8 Å². The topological polar surface area (TPSA) is 88.2 Å². The number of anilines is 1. The number of nitrogens with zero attached hydrogens (tertiary/aromatic N) is 2. The zero-order valence-corrected chi connectivity index (χ0v) is 24.7. The molecule has 3 atom stereocenters. The Kier molecular flexibility index (Phi) is 8.92. The molecule has 216 valence electrons. The Morgan fingerprint density at radius 2 is 1.93 bits per heavy atom. The van der Waals surface area contributed by atoms with E-state index in [4.69, 9.17) is 21.1 Å². The highest BCUT2D eigenvalue weighted by Gasteiger charge is 2.38. The van der Waals surface area contributed by atoms with Crippen molar-refractivity contribution in [3.05, 3.63) is 64.7 Å². The van der Waals surface area contributed by atoms with Crippen LogP contribution in [0.2, 0.25) is 5.02 Å². The van der Waals surface area contributed by atoms with E-state index in [1.807, 2.05) is 24.3 Å². The number of rotatable bonds is 1. The number of aryl methyl sites for hydroxylation is 1. The van der Waals surface area contributed by atoms with Gasteiger partial charge in [0.2, 0.25) is 0 Å². The zero-order valence-electron chi connectivity index (χ0n) is 23.1. The molecule has 5 rings (SSSR count). The molecule has 10 heteroatoms. The second-order valence-electron chi connectivity index (χ2n) is 11.0. The first-order valence-electron chi connectivity index (χ1n) is 14.0. The van der Waals surface area contributed by atoms with Crippen LogP contribution in [0.5, 0.6) is 5.75 Å². The summed E-state index contributed by atoms with van der Waals surface area (Å²) >= 11 is 6.30. The Labute approximate surface area is 242 Å². The molecule has 1 N–H and O–H groups in total. The summed E-state index contributed by atoms with van der Waals surface area (Å²) in [4.78, 5) is 16.4. The van der Waals surface area contributed by atoms with Crippen LogP contribution in [-0.4, -0.2) is 59.2 Å². The molecule has 0 aromatic heterocycles. The summed E-state index contributed by atoms with van der Waals surface area (Å²) < 4.78 is 41.1. The van der Waals surface area contributed by atoms with E-state index in [1.165, 1.54) is 16.5 Å².